The highest BCUT2D eigenvalue weighted by Crippen LogP contribution is 2.29. The molecule has 0 saturated heterocycles. The molecule has 0 aliphatic carbocycles. The number of benzene rings is 4. The number of hydrogen-bond donors (Lipinski definition) is 2. The van der Waals surface area contributed by atoms with Crippen LogP contribution in [0.25, 0.3) is 0 Å². The molecule has 4 aromatic carbocycles. The third kappa shape index (κ3) is 8.05. The van der Waals surface area contributed by atoms with Crippen LogP contribution < -0.4 is 20.2 Å². The van der Waals surface area contributed by atoms with Gasteiger partial charge in [-0.3, -0.25) is 9.59 Å². The summed E-state index contributed by atoms with van der Waals surface area (Å²) in [6, 6.07) is 27.5. The quantitative estimate of drug-likeness (QED) is 0.172. The standard InChI is InChI=1S/C34H35N3O4/c1-23-17-24(2)29(25(3)18-23)22-41-31-16-15-26(19-32(31)40-4)21-35-37-33(38)20-30(27-11-7-5-8-12-27)36-34(39)28-13-9-6-10-14-28/h5-19,21,30H,20,22H2,1-4H3,(H,36,39)(H,37,38)/b35-21-/t30-/m0/s1. The molecule has 7 heteroatoms. The van der Waals surface area contributed by atoms with Crippen molar-refractivity contribution < 1.29 is 19.1 Å². The van der Waals surface area contributed by atoms with Crippen molar-refractivity contribution in [2.24, 2.45) is 5.10 Å². The SMILES string of the molecule is COc1cc(/C=N\NC(=O)C[C@H](NC(=O)c2ccccc2)c2ccccc2)ccc1OCc1c(C)cc(C)cc1C. The number of carbonyl (C=O) groups excluding carboxylic acids is 2. The number of nitrogens with zero attached hydrogens (tertiary/aromatic N) is 1. The molecule has 0 aromatic heterocycles. The van der Waals surface area contributed by atoms with Crippen LogP contribution in [-0.4, -0.2) is 25.1 Å². The summed E-state index contributed by atoms with van der Waals surface area (Å²) in [6.45, 7) is 6.69. The van der Waals surface area contributed by atoms with Crippen LogP contribution in [0.2, 0.25) is 0 Å². The Bertz CT molecular complexity index is 1490. The van der Waals surface area contributed by atoms with E-state index in [0.29, 0.717) is 23.7 Å². The number of rotatable bonds is 11. The second-order valence-electron chi connectivity index (χ2n) is 9.88. The summed E-state index contributed by atoms with van der Waals surface area (Å²) >= 11 is 0. The Balaban J connectivity index is 1.38. The van der Waals surface area contributed by atoms with E-state index in [1.54, 1.807) is 43.7 Å². The Morgan fingerprint density at radius 2 is 1.51 bits per heavy atom. The zero-order chi connectivity index (χ0) is 29.2. The molecule has 0 fully saturated rings. The summed E-state index contributed by atoms with van der Waals surface area (Å²) < 4.78 is 11.6. The molecule has 4 aromatic rings. The van der Waals surface area contributed by atoms with E-state index in [9.17, 15) is 9.59 Å². The summed E-state index contributed by atoms with van der Waals surface area (Å²) in [5, 5.41) is 7.08. The largest absolute Gasteiger partial charge is 0.493 e. The van der Waals surface area contributed by atoms with Gasteiger partial charge in [-0.25, -0.2) is 5.43 Å². The number of ether oxygens (including phenoxy) is 2. The van der Waals surface area contributed by atoms with Crippen LogP contribution in [0.1, 0.15) is 56.2 Å². The number of hydrogen-bond acceptors (Lipinski definition) is 5. The monoisotopic (exact) mass is 549 g/mol. The maximum atomic E-state index is 12.8. The highest BCUT2D eigenvalue weighted by atomic mass is 16.5. The first-order chi connectivity index (χ1) is 19.8. The smallest absolute Gasteiger partial charge is 0.251 e. The van der Waals surface area contributed by atoms with Crippen LogP contribution in [0.3, 0.4) is 0 Å². The number of nitrogens with one attached hydrogen (secondary N) is 2. The zero-order valence-electron chi connectivity index (χ0n) is 23.8. The molecule has 0 radical (unpaired) electrons. The molecule has 0 spiro atoms. The van der Waals surface area contributed by atoms with E-state index in [0.717, 1.165) is 16.7 Å². The zero-order valence-corrected chi connectivity index (χ0v) is 23.8. The van der Waals surface area contributed by atoms with Crippen molar-refractivity contribution in [3.8, 4) is 11.5 Å². The van der Waals surface area contributed by atoms with Crippen molar-refractivity contribution in [3.05, 3.63) is 130 Å². The minimum absolute atomic E-state index is 0.0217. The van der Waals surface area contributed by atoms with Gasteiger partial charge in [0.1, 0.15) is 6.61 Å². The van der Waals surface area contributed by atoms with Crippen molar-refractivity contribution in [2.75, 3.05) is 7.11 Å². The summed E-state index contributed by atoms with van der Waals surface area (Å²) in [4.78, 5) is 25.6. The lowest BCUT2D eigenvalue weighted by Gasteiger charge is -2.18. The van der Waals surface area contributed by atoms with Gasteiger partial charge in [0.2, 0.25) is 5.91 Å². The Labute approximate surface area is 241 Å². The second kappa shape index (κ2) is 13.9. The van der Waals surface area contributed by atoms with Gasteiger partial charge in [-0.2, -0.15) is 5.10 Å². The fourth-order valence-electron chi connectivity index (χ4n) is 4.65. The molecule has 0 heterocycles. The first-order valence-electron chi connectivity index (χ1n) is 13.4. The van der Waals surface area contributed by atoms with Crippen molar-refractivity contribution in [1.29, 1.82) is 0 Å². The van der Waals surface area contributed by atoms with Crippen molar-refractivity contribution in [3.63, 3.8) is 0 Å². The van der Waals surface area contributed by atoms with E-state index in [2.05, 4.69) is 48.7 Å². The third-order valence-corrected chi connectivity index (χ3v) is 6.74. The van der Waals surface area contributed by atoms with E-state index in [1.807, 2.05) is 48.5 Å². The second-order valence-corrected chi connectivity index (χ2v) is 9.88. The van der Waals surface area contributed by atoms with Gasteiger partial charge >= 0.3 is 0 Å². The number of aryl methyl sites for hydroxylation is 3. The van der Waals surface area contributed by atoms with Crippen LogP contribution in [-0.2, 0) is 11.4 Å². The molecular formula is C34H35N3O4. The van der Waals surface area contributed by atoms with Gasteiger partial charge in [0.25, 0.3) is 5.91 Å². The number of methoxy groups -OCH3 is 1. The molecule has 4 rings (SSSR count). The molecule has 1 atom stereocenters. The maximum Gasteiger partial charge on any atom is 0.251 e. The normalized spacial score (nSPS) is 11.6. The fraction of sp³-hybridized carbons (Fsp3) is 0.206. The first-order valence-corrected chi connectivity index (χ1v) is 13.4. The Morgan fingerprint density at radius 1 is 0.854 bits per heavy atom. The lowest BCUT2D eigenvalue weighted by Crippen LogP contribution is -2.32. The molecule has 210 valence electrons. The fourth-order valence-corrected chi connectivity index (χ4v) is 4.65. The third-order valence-electron chi connectivity index (χ3n) is 6.74. The highest BCUT2D eigenvalue weighted by molar-refractivity contribution is 5.94. The lowest BCUT2D eigenvalue weighted by atomic mass is 10.0. The molecule has 0 aliphatic rings. The average molecular weight is 550 g/mol. The maximum absolute atomic E-state index is 12.8. The van der Waals surface area contributed by atoms with Gasteiger partial charge in [-0.1, -0.05) is 66.2 Å². The Kier molecular flexibility index (Phi) is 9.89. The van der Waals surface area contributed by atoms with Crippen molar-refractivity contribution in [2.45, 2.75) is 39.8 Å². The van der Waals surface area contributed by atoms with Gasteiger partial charge < -0.3 is 14.8 Å². The molecule has 7 nitrogen and oxygen atoms in total. The summed E-state index contributed by atoms with van der Waals surface area (Å²) in [5.41, 5.74) is 9.41. The van der Waals surface area contributed by atoms with E-state index >= 15 is 0 Å². The van der Waals surface area contributed by atoms with Gasteiger partial charge in [-0.05, 0) is 78.9 Å². The van der Waals surface area contributed by atoms with E-state index in [4.69, 9.17) is 9.47 Å². The molecular weight excluding hydrogens is 514 g/mol. The molecule has 2 N–H and O–H groups in total. The lowest BCUT2D eigenvalue weighted by molar-refractivity contribution is -0.121. The minimum atomic E-state index is -0.517. The van der Waals surface area contributed by atoms with E-state index < -0.39 is 6.04 Å². The van der Waals surface area contributed by atoms with Gasteiger partial charge in [0, 0.05) is 5.56 Å². The topological polar surface area (TPSA) is 89.0 Å². The predicted octanol–water partition coefficient (Wildman–Crippen LogP) is 6.21. The van der Waals surface area contributed by atoms with Gasteiger partial charge in [-0.15, -0.1) is 0 Å². The summed E-state index contributed by atoms with van der Waals surface area (Å²) in [7, 11) is 1.58. The van der Waals surface area contributed by atoms with Gasteiger partial charge in [0.05, 0.1) is 25.8 Å². The van der Waals surface area contributed by atoms with Gasteiger partial charge in [0.15, 0.2) is 11.5 Å². The molecule has 0 aliphatic heterocycles. The minimum Gasteiger partial charge on any atom is -0.493 e. The van der Waals surface area contributed by atoms with E-state index in [1.165, 1.54) is 16.7 Å². The van der Waals surface area contributed by atoms with Crippen LogP contribution in [0.15, 0.2) is 96.1 Å². The van der Waals surface area contributed by atoms with Crippen LogP contribution in [0, 0.1) is 20.8 Å². The molecule has 2 amide bonds. The summed E-state index contributed by atoms with van der Waals surface area (Å²) in [6.07, 6.45) is 1.56. The highest BCUT2D eigenvalue weighted by Gasteiger charge is 2.19. The molecule has 0 unspecified atom stereocenters. The number of amides is 2. The molecule has 41 heavy (non-hydrogen) atoms. The Morgan fingerprint density at radius 3 is 2.17 bits per heavy atom. The number of carbonyl (C=O) groups is 2. The van der Waals surface area contributed by atoms with Crippen molar-refractivity contribution >= 4 is 18.0 Å². The first kappa shape index (κ1) is 29.1. The van der Waals surface area contributed by atoms with Crippen LogP contribution in [0.4, 0.5) is 0 Å². The summed E-state index contributed by atoms with van der Waals surface area (Å²) in [5.74, 6) is 0.598. The molecule has 0 saturated carbocycles. The Hall–Kier alpha value is -4.91. The van der Waals surface area contributed by atoms with Crippen molar-refractivity contribution in [1.82, 2.24) is 10.7 Å². The predicted molar refractivity (Wildman–Crippen MR) is 161 cm³/mol. The number of hydrazone groups is 1. The van der Waals surface area contributed by atoms with Crippen LogP contribution in [0.5, 0.6) is 11.5 Å². The molecule has 0 bridgehead atoms. The average Bonchev–Trinajstić information content (AvgIpc) is 2.97. The van der Waals surface area contributed by atoms with Crippen LogP contribution >= 0.6 is 0 Å². The van der Waals surface area contributed by atoms with E-state index in [-0.39, 0.29) is 18.2 Å².